The Labute approximate surface area is 197 Å². The Bertz CT molecular complexity index is 1200. The van der Waals surface area contributed by atoms with Crippen molar-refractivity contribution in [3.05, 3.63) is 101 Å². The number of para-hydroxylation sites is 1. The number of benzene rings is 3. The standard InChI is InChI=1S/C27H26BrN3O/c1-30(2)18-17-29-27(32)22-8-6-7-21(19-22)26-16-15-25(20-11-13-23(28)14-12-20)31(26)24-9-4-3-5-10-24/h3-16,19H,17-18H2,1-2H3,(H,29,32). The summed E-state index contributed by atoms with van der Waals surface area (Å²) < 4.78 is 3.29. The zero-order valence-electron chi connectivity index (χ0n) is 18.3. The van der Waals surface area contributed by atoms with Gasteiger partial charge in [-0.1, -0.05) is 58.4 Å². The van der Waals surface area contributed by atoms with Gasteiger partial charge >= 0.3 is 0 Å². The molecule has 4 aromatic rings. The van der Waals surface area contributed by atoms with Crippen LogP contribution in [0.3, 0.4) is 0 Å². The molecule has 32 heavy (non-hydrogen) atoms. The molecular formula is C27H26BrN3O. The highest BCUT2D eigenvalue weighted by molar-refractivity contribution is 9.10. The van der Waals surface area contributed by atoms with Crippen LogP contribution >= 0.6 is 15.9 Å². The number of amides is 1. The number of hydrogen-bond donors (Lipinski definition) is 1. The highest BCUT2D eigenvalue weighted by Gasteiger charge is 2.15. The second-order valence-electron chi connectivity index (χ2n) is 7.92. The monoisotopic (exact) mass is 487 g/mol. The first-order valence-electron chi connectivity index (χ1n) is 10.6. The van der Waals surface area contributed by atoms with Gasteiger partial charge in [0.25, 0.3) is 5.91 Å². The Morgan fingerprint density at radius 1 is 0.844 bits per heavy atom. The lowest BCUT2D eigenvalue weighted by Crippen LogP contribution is -2.31. The summed E-state index contributed by atoms with van der Waals surface area (Å²) in [6, 6.07) is 30.7. The molecule has 1 N–H and O–H groups in total. The average molecular weight is 488 g/mol. The molecule has 4 nitrogen and oxygen atoms in total. The van der Waals surface area contributed by atoms with Crippen LogP contribution in [-0.2, 0) is 0 Å². The Morgan fingerprint density at radius 3 is 2.22 bits per heavy atom. The molecule has 0 saturated carbocycles. The first-order chi connectivity index (χ1) is 15.5. The maximum absolute atomic E-state index is 12.7. The normalized spacial score (nSPS) is 11.0. The maximum atomic E-state index is 12.7. The summed E-state index contributed by atoms with van der Waals surface area (Å²) in [5.41, 5.74) is 5.99. The van der Waals surface area contributed by atoms with Crippen molar-refractivity contribution < 1.29 is 4.79 Å². The quantitative estimate of drug-likeness (QED) is 0.354. The summed E-state index contributed by atoms with van der Waals surface area (Å²) in [7, 11) is 3.99. The van der Waals surface area contributed by atoms with Crippen molar-refractivity contribution in [2.24, 2.45) is 0 Å². The summed E-state index contributed by atoms with van der Waals surface area (Å²) in [6.07, 6.45) is 0. The molecule has 0 bridgehead atoms. The van der Waals surface area contributed by atoms with E-state index in [0.29, 0.717) is 12.1 Å². The smallest absolute Gasteiger partial charge is 0.251 e. The fourth-order valence-electron chi connectivity index (χ4n) is 3.68. The largest absolute Gasteiger partial charge is 0.351 e. The number of nitrogens with zero attached hydrogens (tertiary/aromatic N) is 2. The Kier molecular flexibility index (Phi) is 6.88. The van der Waals surface area contributed by atoms with Crippen LogP contribution in [0.15, 0.2) is 95.5 Å². The molecule has 1 heterocycles. The van der Waals surface area contributed by atoms with E-state index < -0.39 is 0 Å². The topological polar surface area (TPSA) is 37.3 Å². The van der Waals surface area contributed by atoms with Crippen LogP contribution in [0.1, 0.15) is 10.4 Å². The van der Waals surface area contributed by atoms with Crippen LogP contribution in [0, 0.1) is 0 Å². The summed E-state index contributed by atoms with van der Waals surface area (Å²) in [4.78, 5) is 14.7. The lowest BCUT2D eigenvalue weighted by molar-refractivity contribution is 0.0951. The predicted octanol–water partition coefficient (Wildman–Crippen LogP) is 5.87. The minimum atomic E-state index is -0.0559. The molecule has 1 amide bonds. The van der Waals surface area contributed by atoms with Crippen molar-refractivity contribution in [3.63, 3.8) is 0 Å². The summed E-state index contributed by atoms with van der Waals surface area (Å²) in [6.45, 7) is 1.42. The summed E-state index contributed by atoms with van der Waals surface area (Å²) >= 11 is 3.52. The third-order valence-electron chi connectivity index (χ3n) is 5.30. The van der Waals surface area contributed by atoms with Crippen molar-refractivity contribution in [2.45, 2.75) is 0 Å². The lowest BCUT2D eigenvalue weighted by atomic mass is 10.1. The molecule has 0 radical (unpaired) electrons. The molecule has 4 rings (SSSR count). The van der Waals surface area contributed by atoms with E-state index in [4.69, 9.17) is 0 Å². The van der Waals surface area contributed by atoms with Gasteiger partial charge in [0.15, 0.2) is 0 Å². The molecule has 0 aliphatic carbocycles. The summed E-state index contributed by atoms with van der Waals surface area (Å²) in [5.74, 6) is -0.0559. The first-order valence-corrected chi connectivity index (χ1v) is 11.4. The molecule has 0 unspecified atom stereocenters. The van der Waals surface area contributed by atoms with Crippen LogP contribution in [0.25, 0.3) is 28.2 Å². The van der Waals surface area contributed by atoms with Gasteiger partial charge in [0.2, 0.25) is 0 Å². The van der Waals surface area contributed by atoms with Crippen LogP contribution in [0.2, 0.25) is 0 Å². The molecule has 1 aromatic heterocycles. The molecule has 5 heteroatoms. The zero-order chi connectivity index (χ0) is 22.5. The third-order valence-corrected chi connectivity index (χ3v) is 5.83. The molecule has 3 aromatic carbocycles. The Morgan fingerprint density at radius 2 is 1.53 bits per heavy atom. The number of likely N-dealkylation sites (N-methyl/N-ethyl adjacent to an activating group) is 1. The van der Waals surface area contributed by atoms with Gasteiger partial charge in [-0.15, -0.1) is 0 Å². The number of nitrogens with one attached hydrogen (secondary N) is 1. The molecule has 0 atom stereocenters. The van der Waals surface area contributed by atoms with E-state index in [1.807, 2.05) is 55.4 Å². The van der Waals surface area contributed by atoms with Crippen LogP contribution in [0.5, 0.6) is 0 Å². The van der Waals surface area contributed by atoms with Gasteiger partial charge in [0.1, 0.15) is 0 Å². The lowest BCUT2D eigenvalue weighted by Gasteiger charge is -2.15. The van der Waals surface area contributed by atoms with E-state index >= 15 is 0 Å². The van der Waals surface area contributed by atoms with Crippen molar-refractivity contribution in [2.75, 3.05) is 27.2 Å². The predicted molar refractivity (Wildman–Crippen MR) is 135 cm³/mol. The van der Waals surface area contributed by atoms with Gasteiger partial charge in [0.05, 0.1) is 11.4 Å². The molecule has 0 fully saturated rings. The highest BCUT2D eigenvalue weighted by atomic mass is 79.9. The molecule has 0 aliphatic rings. The number of aromatic nitrogens is 1. The van der Waals surface area contributed by atoms with E-state index in [-0.39, 0.29) is 5.91 Å². The fourth-order valence-corrected chi connectivity index (χ4v) is 3.94. The van der Waals surface area contributed by atoms with Gasteiger partial charge in [-0.3, -0.25) is 4.79 Å². The SMILES string of the molecule is CN(C)CCNC(=O)c1cccc(-c2ccc(-c3ccc(Br)cc3)n2-c2ccccc2)c1. The van der Waals surface area contributed by atoms with Crippen molar-refractivity contribution in [1.82, 2.24) is 14.8 Å². The molecule has 162 valence electrons. The van der Waals surface area contributed by atoms with E-state index in [9.17, 15) is 4.79 Å². The number of carbonyl (C=O) groups excluding carboxylic acids is 1. The van der Waals surface area contributed by atoms with Gasteiger partial charge < -0.3 is 14.8 Å². The average Bonchev–Trinajstić information content (AvgIpc) is 3.25. The van der Waals surface area contributed by atoms with E-state index in [0.717, 1.165) is 39.2 Å². The number of rotatable bonds is 7. The van der Waals surface area contributed by atoms with Gasteiger partial charge in [-0.2, -0.15) is 0 Å². The fraction of sp³-hybridized carbons (Fsp3) is 0.148. The van der Waals surface area contributed by atoms with Crippen LogP contribution in [0.4, 0.5) is 0 Å². The van der Waals surface area contributed by atoms with Crippen molar-refractivity contribution in [1.29, 1.82) is 0 Å². The molecule has 0 saturated heterocycles. The molecule has 0 spiro atoms. The minimum absolute atomic E-state index is 0.0559. The third kappa shape index (κ3) is 5.01. The maximum Gasteiger partial charge on any atom is 0.251 e. The highest BCUT2D eigenvalue weighted by Crippen LogP contribution is 2.33. The van der Waals surface area contributed by atoms with Gasteiger partial charge in [0, 0.05) is 28.8 Å². The van der Waals surface area contributed by atoms with Gasteiger partial charge in [-0.25, -0.2) is 0 Å². The summed E-state index contributed by atoms with van der Waals surface area (Å²) in [5, 5.41) is 3.00. The van der Waals surface area contributed by atoms with Gasteiger partial charge in [-0.05, 0) is 73.8 Å². The Balaban J connectivity index is 1.74. The number of carbonyl (C=O) groups is 1. The van der Waals surface area contributed by atoms with E-state index in [2.05, 4.69) is 80.4 Å². The van der Waals surface area contributed by atoms with Crippen molar-refractivity contribution in [3.8, 4) is 28.2 Å². The van der Waals surface area contributed by atoms with Crippen molar-refractivity contribution >= 4 is 21.8 Å². The second-order valence-corrected chi connectivity index (χ2v) is 8.84. The van der Waals surface area contributed by atoms with Crippen LogP contribution < -0.4 is 5.32 Å². The molecular weight excluding hydrogens is 462 g/mol. The first kappa shape index (κ1) is 22.1. The Hall–Kier alpha value is -3.15. The number of hydrogen-bond acceptors (Lipinski definition) is 2. The number of halogens is 1. The van der Waals surface area contributed by atoms with E-state index in [1.54, 1.807) is 0 Å². The van der Waals surface area contributed by atoms with E-state index in [1.165, 1.54) is 0 Å². The minimum Gasteiger partial charge on any atom is -0.351 e. The second kappa shape index (κ2) is 9.98. The van der Waals surface area contributed by atoms with Crippen LogP contribution in [-0.4, -0.2) is 42.6 Å². The molecule has 0 aliphatic heterocycles. The zero-order valence-corrected chi connectivity index (χ0v) is 19.8.